The summed E-state index contributed by atoms with van der Waals surface area (Å²) in [7, 11) is 0. The summed E-state index contributed by atoms with van der Waals surface area (Å²) < 4.78 is 20.7. The van der Waals surface area contributed by atoms with E-state index in [2.05, 4.69) is 25.7 Å². The average Bonchev–Trinajstić information content (AvgIpc) is 3.62. The number of hydrogen-bond acceptors (Lipinski definition) is 6. The van der Waals surface area contributed by atoms with Crippen LogP contribution in [-0.2, 0) is 10.3 Å². The first-order valence-electron chi connectivity index (χ1n) is 14.6. The number of halogens is 3. The number of anilines is 1. The maximum atomic E-state index is 16.1. The predicted molar refractivity (Wildman–Crippen MR) is 171 cm³/mol. The van der Waals surface area contributed by atoms with E-state index >= 15 is 4.39 Å². The highest BCUT2D eigenvalue weighted by molar-refractivity contribution is 6.31. The van der Waals surface area contributed by atoms with Crippen LogP contribution in [0.1, 0.15) is 58.7 Å². The van der Waals surface area contributed by atoms with E-state index in [9.17, 15) is 9.59 Å². The van der Waals surface area contributed by atoms with Gasteiger partial charge in [-0.2, -0.15) is 5.10 Å². The molecule has 0 fully saturated rings. The van der Waals surface area contributed by atoms with Gasteiger partial charge in [0, 0.05) is 46.1 Å². The van der Waals surface area contributed by atoms with Gasteiger partial charge in [-0.25, -0.2) is 9.07 Å². The van der Waals surface area contributed by atoms with Crippen molar-refractivity contribution in [2.24, 2.45) is 5.92 Å². The smallest absolute Gasteiger partial charge is 0.251 e. The van der Waals surface area contributed by atoms with E-state index in [1.54, 1.807) is 30.6 Å². The number of carbonyl (C=O) groups is 1. The first kappa shape index (κ1) is 30.7. The van der Waals surface area contributed by atoms with Gasteiger partial charge < -0.3 is 9.88 Å². The minimum atomic E-state index is -0.632. The lowest BCUT2D eigenvalue weighted by Crippen LogP contribution is -2.28. The van der Waals surface area contributed by atoms with E-state index in [1.807, 2.05) is 44.5 Å². The number of nitrogens with one attached hydrogen (secondary N) is 1. The molecular formula is C32H31Cl2FN8O2. The minimum Gasteiger partial charge on any atom is -0.323 e. The molecule has 5 aromatic rings. The number of aromatic nitrogens is 7. The number of fused-ring (bicyclic) bond motifs is 4. The Labute approximate surface area is 268 Å². The van der Waals surface area contributed by atoms with Gasteiger partial charge in [-0.15, -0.1) is 5.10 Å². The van der Waals surface area contributed by atoms with Gasteiger partial charge in [0.1, 0.15) is 5.82 Å². The van der Waals surface area contributed by atoms with Crippen molar-refractivity contribution >= 4 is 34.8 Å². The Morgan fingerprint density at radius 2 is 1.82 bits per heavy atom. The molecule has 1 aliphatic heterocycles. The van der Waals surface area contributed by atoms with Gasteiger partial charge in [0.2, 0.25) is 5.91 Å². The van der Waals surface area contributed by atoms with Crippen LogP contribution < -0.4 is 10.9 Å². The van der Waals surface area contributed by atoms with E-state index < -0.39 is 23.0 Å². The minimum absolute atomic E-state index is 0.0549. The molecule has 10 nitrogen and oxygen atoms in total. The molecule has 232 valence electrons. The van der Waals surface area contributed by atoms with Crippen molar-refractivity contribution in [2.45, 2.75) is 58.5 Å². The molecule has 45 heavy (non-hydrogen) atoms. The molecule has 13 heteroatoms. The highest BCUT2D eigenvalue weighted by Crippen LogP contribution is 2.36. The van der Waals surface area contributed by atoms with Crippen LogP contribution >= 0.6 is 23.2 Å². The molecule has 1 aliphatic rings. The Hall–Kier alpha value is -4.35. The normalized spacial score (nSPS) is 17.3. The zero-order valence-electron chi connectivity index (χ0n) is 25.1. The van der Waals surface area contributed by atoms with Gasteiger partial charge in [-0.05, 0) is 63.9 Å². The highest BCUT2D eigenvalue weighted by atomic mass is 35.5. The number of amides is 1. The first-order valence-corrected chi connectivity index (χ1v) is 15.3. The third-order valence-corrected chi connectivity index (χ3v) is 8.36. The molecule has 2 bridgehead atoms. The number of nitrogens with zero attached hydrogens (tertiary/aromatic N) is 7. The third-order valence-electron chi connectivity index (χ3n) is 7.95. The van der Waals surface area contributed by atoms with Crippen molar-refractivity contribution in [1.29, 1.82) is 0 Å². The fourth-order valence-electron chi connectivity index (χ4n) is 5.70. The number of pyridine rings is 2. The number of hydrogen-bond donors (Lipinski definition) is 1. The largest absolute Gasteiger partial charge is 0.323 e. The Kier molecular flexibility index (Phi) is 8.09. The second kappa shape index (κ2) is 11.9. The molecule has 1 N–H and O–H groups in total. The molecule has 6 rings (SSSR count). The Bertz CT molecular complexity index is 1980. The number of rotatable bonds is 3. The van der Waals surface area contributed by atoms with Gasteiger partial charge in [0.15, 0.2) is 5.15 Å². The van der Waals surface area contributed by atoms with Crippen LogP contribution in [0.2, 0.25) is 10.2 Å². The van der Waals surface area contributed by atoms with E-state index in [0.29, 0.717) is 46.9 Å². The molecule has 0 radical (unpaired) electrons. The summed E-state index contributed by atoms with van der Waals surface area (Å²) in [5.74, 6) is -1.05. The molecule has 0 aliphatic carbocycles. The van der Waals surface area contributed by atoms with Crippen molar-refractivity contribution in [2.75, 3.05) is 5.32 Å². The topological polar surface area (TPSA) is 113 Å². The lowest BCUT2D eigenvalue weighted by Gasteiger charge is -2.25. The molecule has 5 heterocycles. The van der Waals surface area contributed by atoms with Crippen molar-refractivity contribution in [3.8, 4) is 28.1 Å². The van der Waals surface area contributed by atoms with Gasteiger partial charge in [0.25, 0.3) is 5.56 Å². The summed E-state index contributed by atoms with van der Waals surface area (Å²) in [6, 6.07) is 9.24. The Morgan fingerprint density at radius 3 is 2.56 bits per heavy atom. The summed E-state index contributed by atoms with van der Waals surface area (Å²) in [5.41, 5.74) is 2.72. The lowest BCUT2D eigenvalue weighted by atomic mass is 9.96. The van der Waals surface area contributed by atoms with Gasteiger partial charge in [-0.1, -0.05) is 41.8 Å². The standard InChI is InChI=1S/C32H31Cl2FN8O2/c1-18-6-5-7-27(24-12-19(10-11-36-24)30-25(38-31(18)45)15-37-43(30)32(2,3)4)41-16-23(35)21(14-29(41)44)22-13-20(33)8-9-26(22)42-17-28(34)39-40-42/h8-18,27H,5-7H2,1-4H3,(H,38,45). The van der Waals surface area contributed by atoms with Crippen LogP contribution in [0, 0.1) is 11.7 Å². The number of benzene rings is 1. The second-order valence-electron chi connectivity index (χ2n) is 12.2. The molecular weight excluding hydrogens is 618 g/mol. The van der Waals surface area contributed by atoms with Gasteiger partial charge in [0.05, 0.1) is 46.7 Å². The van der Waals surface area contributed by atoms with E-state index in [1.165, 1.54) is 27.7 Å². The highest BCUT2D eigenvalue weighted by Gasteiger charge is 2.28. The van der Waals surface area contributed by atoms with Gasteiger partial charge >= 0.3 is 0 Å². The molecule has 1 amide bonds. The van der Waals surface area contributed by atoms with Crippen LogP contribution in [0.25, 0.3) is 28.1 Å². The van der Waals surface area contributed by atoms with Gasteiger partial charge in [-0.3, -0.25) is 19.3 Å². The maximum absolute atomic E-state index is 16.1. The second-order valence-corrected chi connectivity index (χ2v) is 13.0. The zero-order chi connectivity index (χ0) is 32.0. The van der Waals surface area contributed by atoms with E-state index in [4.69, 9.17) is 23.2 Å². The Morgan fingerprint density at radius 1 is 1.02 bits per heavy atom. The van der Waals surface area contributed by atoms with Crippen molar-refractivity contribution in [3.05, 3.63) is 93.2 Å². The monoisotopic (exact) mass is 648 g/mol. The molecule has 2 unspecified atom stereocenters. The average molecular weight is 650 g/mol. The lowest BCUT2D eigenvalue weighted by molar-refractivity contribution is -0.119. The van der Waals surface area contributed by atoms with Crippen molar-refractivity contribution < 1.29 is 9.18 Å². The molecule has 0 saturated carbocycles. The summed E-state index contributed by atoms with van der Waals surface area (Å²) in [4.78, 5) is 31.6. The van der Waals surface area contributed by atoms with E-state index in [-0.39, 0.29) is 22.5 Å². The third kappa shape index (κ3) is 6.02. The van der Waals surface area contributed by atoms with Crippen LogP contribution in [-0.4, -0.2) is 40.2 Å². The van der Waals surface area contributed by atoms with Crippen LogP contribution in [0.5, 0.6) is 0 Å². The Balaban J connectivity index is 1.49. The zero-order valence-corrected chi connectivity index (χ0v) is 26.6. The SMILES string of the molecule is CC1CCCC(n2cc(F)c(-c3cc(Cl)ccc3-n3cc(Cl)nn3)cc2=O)c2cc(ccn2)-c2c(cnn2C(C)(C)C)NC1=O. The fourth-order valence-corrected chi connectivity index (χ4v) is 5.99. The predicted octanol–water partition coefficient (Wildman–Crippen LogP) is 6.90. The van der Waals surface area contributed by atoms with Crippen LogP contribution in [0.15, 0.2) is 66.0 Å². The fraction of sp³-hybridized carbons (Fsp3) is 0.312. The van der Waals surface area contributed by atoms with Crippen LogP contribution in [0.3, 0.4) is 0 Å². The van der Waals surface area contributed by atoms with Crippen molar-refractivity contribution in [3.63, 3.8) is 0 Å². The molecule has 4 aromatic heterocycles. The molecule has 1 aromatic carbocycles. The quantitative estimate of drug-likeness (QED) is 0.228. The molecule has 0 saturated heterocycles. The molecule has 2 atom stereocenters. The molecule has 0 spiro atoms. The van der Waals surface area contributed by atoms with E-state index in [0.717, 1.165) is 11.3 Å². The number of carbonyl (C=O) groups excluding carboxylic acids is 1. The first-order chi connectivity index (χ1) is 21.4. The maximum Gasteiger partial charge on any atom is 0.251 e. The van der Waals surface area contributed by atoms with Crippen molar-refractivity contribution in [1.82, 2.24) is 34.3 Å². The summed E-state index contributed by atoms with van der Waals surface area (Å²) in [6.07, 6.45) is 7.63. The summed E-state index contributed by atoms with van der Waals surface area (Å²) in [5, 5.41) is 16.0. The van der Waals surface area contributed by atoms with Crippen LogP contribution in [0.4, 0.5) is 10.1 Å². The summed E-state index contributed by atoms with van der Waals surface area (Å²) >= 11 is 12.3. The summed E-state index contributed by atoms with van der Waals surface area (Å²) in [6.45, 7) is 7.95.